The van der Waals surface area contributed by atoms with Crippen LogP contribution in [0, 0.1) is 0 Å². The van der Waals surface area contributed by atoms with Crippen molar-refractivity contribution in [1.82, 2.24) is 4.57 Å². The second-order valence-electron chi connectivity index (χ2n) is 4.16. The van der Waals surface area contributed by atoms with Gasteiger partial charge in [0.1, 0.15) is 0 Å². The Labute approximate surface area is 103 Å². The number of alkyl halides is 3. The van der Waals surface area contributed by atoms with Gasteiger partial charge in [-0.2, -0.15) is 13.2 Å². The van der Waals surface area contributed by atoms with Gasteiger partial charge in [0.15, 0.2) is 0 Å². The van der Waals surface area contributed by atoms with E-state index in [-0.39, 0.29) is 5.52 Å². The molecule has 0 fully saturated rings. The maximum Gasteiger partial charge on any atom is 0.418 e. The molecule has 1 aromatic carbocycles. The zero-order chi connectivity index (χ0) is 13.3. The monoisotopic (exact) mass is 256 g/mol. The third-order valence-corrected chi connectivity index (χ3v) is 3.03. The van der Waals surface area contributed by atoms with Crippen LogP contribution in [0.4, 0.5) is 13.2 Å². The van der Waals surface area contributed by atoms with Gasteiger partial charge in [-0.3, -0.25) is 0 Å². The summed E-state index contributed by atoms with van der Waals surface area (Å²) in [5.41, 5.74) is 6.03. The summed E-state index contributed by atoms with van der Waals surface area (Å²) >= 11 is 0. The fourth-order valence-corrected chi connectivity index (χ4v) is 2.33. The minimum absolute atomic E-state index is 0.260. The first-order valence-electron chi connectivity index (χ1n) is 5.87. The normalized spacial score (nSPS) is 12.3. The zero-order valence-electron chi connectivity index (χ0n) is 10.1. The molecule has 0 saturated carbocycles. The molecule has 2 aromatic rings. The summed E-state index contributed by atoms with van der Waals surface area (Å²) in [7, 11) is 0. The van der Waals surface area contributed by atoms with E-state index in [1.54, 1.807) is 16.7 Å². The molecule has 0 amide bonds. The number of para-hydroxylation sites is 1. The van der Waals surface area contributed by atoms with E-state index in [0.29, 0.717) is 24.9 Å². The van der Waals surface area contributed by atoms with Gasteiger partial charge in [-0.15, -0.1) is 0 Å². The van der Waals surface area contributed by atoms with Gasteiger partial charge < -0.3 is 10.3 Å². The smallest absolute Gasteiger partial charge is 0.344 e. The molecule has 0 aliphatic rings. The van der Waals surface area contributed by atoms with Gasteiger partial charge in [0.25, 0.3) is 0 Å². The minimum Gasteiger partial charge on any atom is -0.344 e. The Kier molecular flexibility index (Phi) is 3.34. The minimum atomic E-state index is -4.33. The number of benzene rings is 1. The SMILES string of the molecule is CCn1c(CCN)cc2cccc(C(F)(F)F)c21. The van der Waals surface area contributed by atoms with E-state index in [1.165, 1.54) is 6.07 Å². The van der Waals surface area contributed by atoms with Crippen molar-refractivity contribution in [1.29, 1.82) is 0 Å². The topological polar surface area (TPSA) is 30.9 Å². The Balaban J connectivity index is 2.74. The van der Waals surface area contributed by atoms with Crippen LogP contribution in [0.2, 0.25) is 0 Å². The van der Waals surface area contributed by atoms with E-state index in [2.05, 4.69) is 0 Å². The van der Waals surface area contributed by atoms with Gasteiger partial charge in [-0.1, -0.05) is 12.1 Å². The maximum atomic E-state index is 13.0. The Morgan fingerprint density at radius 1 is 1.28 bits per heavy atom. The van der Waals surface area contributed by atoms with Crippen LogP contribution >= 0.6 is 0 Å². The van der Waals surface area contributed by atoms with Crippen molar-refractivity contribution in [2.45, 2.75) is 26.1 Å². The first-order chi connectivity index (χ1) is 8.49. The number of aryl methyl sites for hydroxylation is 1. The van der Waals surface area contributed by atoms with Crippen molar-refractivity contribution >= 4 is 10.9 Å². The highest BCUT2D eigenvalue weighted by Gasteiger charge is 2.33. The number of aromatic nitrogens is 1. The molecule has 0 spiro atoms. The molecule has 2 N–H and O–H groups in total. The van der Waals surface area contributed by atoms with Gasteiger partial charge in [-0.05, 0) is 32.0 Å². The predicted molar refractivity (Wildman–Crippen MR) is 65.4 cm³/mol. The predicted octanol–water partition coefficient (Wildman–Crippen LogP) is 3.18. The van der Waals surface area contributed by atoms with Crippen LogP contribution in [0.3, 0.4) is 0 Å². The van der Waals surface area contributed by atoms with Crippen LogP contribution < -0.4 is 5.73 Å². The van der Waals surface area contributed by atoms with E-state index >= 15 is 0 Å². The number of hydrogen-bond donors (Lipinski definition) is 1. The number of nitrogens with zero attached hydrogens (tertiary/aromatic N) is 1. The molecule has 1 aromatic heterocycles. The number of fused-ring (bicyclic) bond motifs is 1. The summed E-state index contributed by atoms with van der Waals surface area (Å²) in [6.45, 7) is 2.77. The lowest BCUT2D eigenvalue weighted by Crippen LogP contribution is -2.11. The molecule has 0 unspecified atom stereocenters. The van der Waals surface area contributed by atoms with E-state index < -0.39 is 11.7 Å². The fourth-order valence-electron chi connectivity index (χ4n) is 2.33. The molecule has 18 heavy (non-hydrogen) atoms. The second-order valence-corrected chi connectivity index (χ2v) is 4.16. The number of halogens is 3. The fraction of sp³-hybridized carbons (Fsp3) is 0.385. The molecule has 0 atom stereocenters. The highest BCUT2D eigenvalue weighted by molar-refractivity contribution is 5.85. The summed E-state index contributed by atoms with van der Waals surface area (Å²) in [6, 6.07) is 6.07. The number of rotatable bonds is 3. The molecule has 98 valence electrons. The quantitative estimate of drug-likeness (QED) is 0.898. The largest absolute Gasteiger partial charge is 0.418 e. The lowest BCUT2D eigenvalue weighted by molar-refractivity contribution is -0.136. The van der Waals surface area contributed by atoms with Crippen molar-refractivity contribution in [3.05, 3.63) is 35.5 Å². The van der Waals surface area contributed by atoms with Crippen molar-refractivity contribution in [2.24, 2.45) is 5.73 Å². The standard InChI is InChI=1S/C13H15F3N2/c1-2-18-10(6-7-17)8-9-4-3-5-11(12(9)18)13(14,15)16/h3-5,8H,2,6-7,17H2,1H3. The highest BCUT2D eigenvalue weighted by Crippen LogP contribution is 2.36. The number of hydrogen-bond acceptors (Lipinski definition) is 1. The molecule has 2 nitrogen and oxygen atoms in total. The molecule has 5 heteroatoms. The average Bonchev–Trinajstić information content (AvgIpc) is 2.65. The molecule has 1 heterocycles. The first-order valence-corrected chi connectivity index (χ1v) is 5.87. The van der Waals surface area contributed by atoms with Gasteiger partial charge >= 0.3 is 6.18 Å². The van der Waals surface area contributed by atoms with Crippen LogP contribution in [0.5, 0.6) is 0 Å². The van der Waals surface area contributed by atoms with Crippen molar-refractivity contribution < 1.29 is 13.2 Å². The van der Waals surface area contributed by atoms with E-state index in [1.807, 2.05) is 6.92 Å². The number of nitrogens with two attached hydrogens (primary N) is 1. The van der Waals surface area contributed by atoms with Crippen molar-refractivity contribution in [3.63, 3.8) is 0 Å². The maximum absolute atomic E-state index is 13.0. The van der Waals surface area contributed by atoms with Gasteiger partial charge in [0.05, 0.1) is 11.1 Å². The molecule has 2 rings (SSSR count). The highest BCUT2D eigenvalue weighted by atomic mass is 19.4. The summed E-state index contributed by atoms with van der Waals surface area (Å²) in [4.78, 5) is 0. The lowest BCUT2D eigenvalue weighted by atomic mass is 10.1. The molecule has 0 bridgehead atoms. The summed E-state index contributed by atoms with van der Waals surface area (Å²) in [6.07, 6.45) is -3.75. The molecule has 0 aliphatic carbocycles. The van der Waals surface area contributed by atoms with Crippen molar-refractivity contribution in [3.8, 4) is 0 Å². The van der Waals surface area contributed by atoms with Crippen LogP contribution in [0.1, 0.15) is 18.2 Å². The van der Waals surface area contributed by atoms with Gasteiger partial charge in [-0.25, -0.2) is 0 Å². The average molecular weight is 256 g/mol. The summed E-state index contributed by atoms with van der Waals surface area (Å²) < 4.78 is 40.7. The summed E-state index contributed by atoms with van der Waals surface area (Å²) in [5.74, 6) is 0. The Hall–Kier alpha value is -1.49. The van der Waals surface area contributed by atoms with E-state index in [9.17, 15) is 13.2 Å². The third kappa shape index (κ3) is 2.10. The van der Waals surface area contributed by atoms with Crippen LogP contribution in [0.25, 0.3) is 10.9 Å². The molecule has 0 aliphatic heterocycles. The zero-order valence-corrected chi connectivity index (χ0v) is 10.1. The third-order valence-electron chi connectivity index (χ3n) is 3.03. The molecular formula is C13H15F3N2. The second kappa shape index (κ2) is 4.65. The molecule has 0 radical (unpaired) electrons. The summed E-state index contributed by atoms with van der Waals surface area (Å²) in [5, 5.41) is 0.620. The Morgan fingerprint density at radius 2 is 2.00 bits per heavy atom. The van der Waals surface area contributed by atoms with E-state index in [0.717, 1.165) is 11.8 Å². The van der Waals surface area contributed by atoms with Gasteiger partial charge in [0, 0.05) is 17.6 Å². The van der Waals surface area contributed by atoms with Crippen LogP contribution in [-0.2, 0) is 19.1 Å². The Bertz CT molecular complexity index is 555. The lowest BCUT2D eigenvalue weighted by Gasteiger charge is -2.12. The van der Waals surface area contributed by atoms with Crippen LogP contribution in [0.15, 0.2) is 24.3 Å². The molecule has 0 saturated heterocycles. The van der Waals surface area contributed by atoms with Gasteiger partial charge in [0.2, 0.25) is 0 Å². The molecular weight excluding hydrogens is 241 g/mol. The first kappa shape index (κ1) is 13.0. The Morgan fingerprint density at radius 3 is 2.56 bits per heavy atom. The van der Waals surface area contributed by atoms with Crippen molar-refractivity contribution in [2.75, 3.05) is 6.54 Å². The van der Waals surface area contributed by atoms with Crippen LogP contribution in [-0.4, -0.2) is 11.1 Å². The van der Waals surface area contributed by atoms with E-state index in [4.69, 9.17) is 5.73 Å².